The van der Waals surface area contributed by atoms with E-state index >= 15 is 0 Å². The zero-order chi connectivity index (χ0) is 21.2. The van der Waals surface area contributed by atoms with Crippen molar-refractivity contribution in [2.45, 2.75) is 13.8 Å². The van der Waals surface area contributed by atoms with E-state index in [9.17, 15) is 14.9 Å². The van der Waals surface area contributed by atoms with Crippen LogP contribution in [0, 0.1) is 11.3 Å². The molecule has 2 aromatic rings. The van der Waals surface area contributed by atoms with E-state index in [0.717, 1.165) is 0 Å². The van der Waals surface area contributed by atoms with E-state index in [2.05, 4.69) is 5.32 Å². The van der Waals surface area contributed by atoms with Crippen LogP contribution in [0.2, 0.25) is 0 Å². The molecule has 7 nitrogen and oxygen atoms in total. The number of hydrogen-bond donors (Lipinski definition) is 1. The number of esters is 1. The van der Waals surface area contributed by atoms with E-state index in [-0.39, 0.29) is 12.2 Å². The number of carbonyl (C=O) groups is 2. The van der Waals surface area contributed by atoms with Gasteiger partial charge in [-0.15, -0.1) is 0 Å². The molecule has 0 spiro atoms. The Hall–Kier alpha value is -3.79. The summed E-state index contributed by atoms with van der Waals surface area (Å²) >= 11 is 0. The van der Waals surface area contributed by atoms with Gasteiger partial charge in [0, 0.05) is 11.3 Å². The quantitative estimate of drug-likeness (QED) is 0.415. The fourth-order valence-electron chi connectivity index (χ4n) is 2.54. The highest BCUT2D eigenvalue weighted by Crippen LogP contribution is 2.32. The van der Waals surface area contributed by atoms with Crippen LogP contribution in [0.25, 0.3) is 6.08 Å². The summed E-state index contributed by atoms with van der Waals surface area (Å²) < 4.78 is 15.8. The summed E-state index contributed by atoms with van der Waals surface area (Å²) in [4.78, 5) is 24.2. The molecule has 0 aromatic heterocycles. The van der Waals surface area contributed by atoms with Gasteiger partial charge >= 0.3 is 5.97 Å². The van der Waals surface area contributed by atoms with Crippen LogP contribution >= 0.6 is 0 Å². The number of benzene rings is 2. The zero-order valence-corrected chi connectivity index (χ0v) is 16.5. The number of carbonyl (C=O) groups excluding carboxylic acids is 2. The lowest BCUT2D eigenvalue weighted by Crippen LogP contribution is -2.14. The maximum atomic E-state index is 12.5. The van der Waals surface area contributed by atoms with Gasteiger partial charge in [0.1, 0.15) is 11.6 Å². The molecular formula is C22H22N2O5. The molecule has 0 bridgehead atoms. The third kappa shape index (κ3) is 5.59. The van der Waals surface area contributed by atoms with Gasteiger partial charge in [-0.3, -0.25) is 4.79 Å². The van der Waals surface area contributed by atoms with Crippen molar-refractivity contribution in [3.05, 3.63) is 59.2 Å². The van der Waals surface area contributed by atoms with Gasteiger partial charge in [0.2, 0.25) is 0 Å². The average Bonchev–Trinajstić information content (AvgIpc) is 2.73. The Labute approximate surface area is 169 Å². The minimum Gasteiger partial charge on any atom is -0.492 e. The van der Waals surface area contributed by atoms with E-state index in [1.807, 2.05) is 13.0 Å². The van der Waals surface area contributed by atoms with Crippen LogP contribution in [-0.2, 0) is 9.53 Å². The Bertz CT molecular complexity index is 943. The van der Waals surface area contributed by atoms with E-state index in [0.29, 0.717) is 34.9 Å². The standard InChI is InChI=1S/C22H22N2O5/c1-4-28-19-8-6-7-16(20(19)27-3)13-17(14-23)21(25)24-18-11-9-15(10-12-18)22(26)29-5-2/h6-13H,4-5H2,1-3H3,(H,24,25)/b17-13+. The third-order valence-corrected chi connectivity index (χ3v) is 3.83. The van der Waals surface area contributed by atoms with Gasteiger partial charge in [0.25, 0.3) is 5.91 Å². The van der Waals surface area contributed by atoms with Crippen molar-refractivity contribution >= 4 is 23.6 Å². The highest BCUT2D eigenvalue weighted by molar-refractivity contribution is 6.10. The van der Waals surface area contributed by atoms with Crippen LogP contribution in [0.15, 0.2) is 48.0 Å². The predicted molar refractivity (Wildman–Crippen MR) is 109 cm³/mol. The molecule has 0 heterocycles. The number of methoxy groups -OCH3 is 1. The van der Waals surface area contributed by atoms with E-state index in [4.69, 9.17) is 14.2 Å². The molecule has 1 amide bonds. The number of anilines is 1. The summed E-state index contributed by atoms with van der Waals surface area (Å²) in [6.45, 7) is 4.31. The largest absolute Gasteiger partial charge is 0.492 e. The van der Waals surface area contributed by atoms with Crippen LogP contribution in [0.5, 0.6) is 11.5 Å². The van der Waals surface area contributed by atoms with Gasteiger partial charge in [-0.05, 0) is 50.3 Å². The van der Waals surface area contributed by atoms with Crippen LogP contribution in [0.3, 0.4) is 0 Å². The highest BCUT2D eigenvalue weighted by atomic mass is 16.5. The summed E-state index contributed by atoms with van der Waals surface area (Å²) in [5.74, 6) is -0.0609. The SMILES string of the molecule is CCOC(=O)c1ccc(NC(=O)/C(C#N)=C/c2cccc(OCC)c2OC)cc1. The van der Waals surface area contributed by atoms with E-state index in [1.165, 1.54) is 25.3 Å². The molecule has 7 heteroatoms. The Morgan fingerprint density at radius 3 is 2.41 bits per heavy atom. The molecular weight excluding hydrogens is 372 g/mol. The molecule has 0 aliphatic heterocycles. The highest BCUT2D eigenvalue weighted by Gasteiger charge is 2.14. The molecule has 0 aliphatic rings. The first-order valence-electron chi connectivity index (χ1n) is 9.04. The molecule has 0 atom stereocenters. The number of nitrogens with one attached hydrogen (secondary N) is 1. The van der Waals surface area contributed by atoms with Crippen LogP contribution in [0.4, 0.5) is 5.69 Å². The molecule has 2 rings (SSSR count). The van der Waals surface area contributed by atoms with Crippen molar-refractivity contribution in [2.75, 3.05) is 25.6 Å². The topological polar surface area (TPSA) is 97.7 Å². The third-order valence-electron chi connectivity index (χ3n) is 3.83. The zero-order valence-electron chi connectivity index (χ0n) is 16.5. The number of hydrogen-bond acceptors (Lipinski definition) is 6. The lowest BCUT2D eigenvalue weighted by Gasteiger charge is -2.12. The average molecular weight is 394 g/mol. The summed E-state index contributed by atoms with van der Waals surface area (Å²) in [6, 6.07) is 13.3. The number of rotatable bonds is 8. The molecule has 1 N–H and O–H groups in total. The Kier molecular flexibility index (Phi) is 7.80. The first kappa shape index (κ1) is 21.5. The maximum Gasteiger partial charge on any atom is 0.338 e. The number of para-hydroxylation sites is 1. The minimum absolute atomic E-state index is 0.105. The molecule has 150 valence electrons. The van der Waals surface area contributed by atoms with Crippen LogP contribution < -0.4 is 14.8 Å². The molecule has 0 saturated heterocycles. The van der Waals surface area contributed by atoms with Crippen LogP contribution in [0.1, 0.15) is 29.8 Å². The lowest BCUT2D eigenvalue weighted by atomic mass is 10.1. The second-order valence-electron chi connectivity index (χ2n) is 5.73. The number of amides is 1. The van der Waals surface area contributed by atoms with Crippen molar-refractivity contribution in [1.82, 2.24) is 0 Å². The minimum atomic E-state index is -0.583. The number of nitrogens with zero attached hydrogens (tertiary/aromatic N) is 1. The van der Waals surface area contributed by atoms with E-state index < -0.39 is 11.9 Å². The first-order valence-corrected chi connectivity index (χ1v) is 9.04. The first-order chi connectivity index (χ1) is 14.0. The van der Waals surface area contributed by atoms with Crippen molar-refractivity contribution in [3.8, 4) is 17.6 Å². The monoisotopic (exact) mass is 394 g/mol. The Morgan fingerprint density at radius 1 is 1.10 bits per heavy atom. The van der Waals surface area contributed by atoms with Crippen molar-refractivity contribution in [2.24, 2.45) is 0 Å². The second kappa shape index (κ2) is 10.5. The molecule has 0 radical (unpaired) electrons. The van der Waals surface area contributed by atoms with Crippen LogP contribution in [-0.4, -0.2) is 32.2 Å². The molecule has 0 aliphatic carbocycles. The number of nitriles is 1. The summed E-state index contributed by atoms with van der Waals surface area (Å²) in [7, 11) is 1.49. The van der Waals surface area contributed by atoms with Gasteiger partial charge in [-0.25, -0.2) is 4.79 Å². The van der Waals surface area contributed by atoms with Gasteiger partial charge in [-0.2, -0.15) is 5.26 Å². The fraction of sp³-hybridized carbons (Fsp3) is 0.227. The lowest BCUT2D eigenvalue weighted by molar-refractivity contribution is -0.112. The summed E-state index contributed by atoms with van der Waals surface area (Å²) in [6.07, 6.45) is 1.43. The molecule has 0 unspecified atom stereocenters. The van der Waals surface area contributed by atoms with Crippen molar-refractivity contribution < 1.29 is 23.8 Å². The van der Waals surface area contributed by atoms with Gasteiger partial charge in [0.05, 0.1) is 25.9 Å². The number of ether oxygens (including phenoxy) is 3. The normalized spacial score (nSPS) is 10.6. The van der Waals surface area contributed by atoms with Gasteiger partial charge in [0.15, 0.2) is 11.5 Å². The maximum absolute atomic E-state index is 12.5. The molecule has 2 aromatic carbocycles. The van der Waals surface area contributed by atoms with Gasteiger partial charge in [-0.1, -0.05) is 12.1 Å². The predicted octanol–water partition coefficient (Wildman–Crippen LogP) is 3.82. The Morgan fingerprint density at radius 2 is 1.83 bits per heavy atom. The smallest absolute Gasteiger partial charge is 0.338 e. The molecule has 0 saturated carbocycles. The van der Waals surface area contributed by atoms with E-state index in [1.54, 1.807) is 37.3 Å². The fourth-order valence-corrected chi connectivity index (χ4v) is 2.54. The van der Waals surface area contributed by atoms with Crippen molar-refractivity contribution in [3.63, 3.8) is 0 Å². The molecule has 29 heavy (non-hydrogen) atoms. The summed E-state index contributed by atoms with van der Waals surface area (Å²) in [5, 5.41) is 12.1. The molecule has 0 fully saturated rings. The Balaban J connectivity index is 2.22. The van der Waals surface area contributed by atoms with Gasteiger partial charge < -0.3 is 19.5 Å². The second-order valence-corrected chi connectivity index (χ2v) is 5.73. The van der Waals surface area contributed by atoms with Crippen molar-refractivity contribution in [1.29, 1.82) is 5.26 Å². The summed E-state index contributed by atoms with van der Waals surface area (Å²) in [5.41, 5.74) is 1.26.